The van der Waals surface area contributed by atoms with E-state index in [1.54, 1.807) is 31.8 Å². The van der Waals surface area contributed by atoms with E-state index in [9.17, 15) is 13.6 Å². The fourth-order valence-electron chi connectivity index (χ4n) is 4.90. The van der Waals surface area contributed by atoms with Crippen LogP contribution in [0.1, 0.15) is 16.1 Å². The molecule has 38 heavy (non-hydrogen) atoms. The third-order valence-electron chi connectivity index (χ3n) is 7.02. The van der Waals surface area contributed by atoms with Crippen molar-refractivity contribution in [3.8, 4) is 28.4 Å². The van der Waals surface area contributed by atoms with Gasteiger partial charge >= 0.3 is 0 Å². The van der Waals surface area contributed by atoms with Crippen molar-refractivity contribution < 1.29 is 23.0 Å². The molecule has 0 unspecified atom stereocenters. The maximum absolute atomic E-state index is 15.0. The summed E-state index contributed by atoms with van der Waals surface area (Å²) >= 11 is 0. The average molecular weight is 518 g/mol. The Morgan fingerprint density at radius 3 is 1.97 bits per heavy atom. The van der Waals surface area contributed by atoms with E-state index in [0.29, 0.717) is 48.9 Å². The minimum atomic E-state index is -0.703. The summed E-state index contributed by atoms with van der Waals surface area (Å²) in [7, 11) is 3.22. The second-order valence-electron chi connectivity index (χ2n) is 9.17. The Bertz CT molecular complexity index is 1440. The SMILES string of the molecule is COc1ccc(-c2cc(C(=O)N3CCN(c4ccc(OC)cc4)CC3)c(C)n2-c2ccc(F)cc2F)cc1. The number of ether oxygens (including phenoxy) is 2. The summed E-state index contributed by atoms with van der Waals surface area (Å²) in [5.41, 5.74) is 3.74. The maximum atomic E-state index is 15.0. The molecule has 0 saturated carbocycles. The van der Waals surface area contributed by atoms with Crippen LogP contribution in [0.4, 0.5) is 14.5 Å². The van der Waals surface area contributed by atoms with Crippen LogP contribution >= 0.6 is 0 Å². The molecule has 5 rings (SSSR count). The molecule has 1 aliphatic rings. The molecule has 0 spiro atoms. The van der Waals surface area contributed by atoms with Crippen LogP contribution in [0.15, 0.2) is 72.8 Å². The van der Waals surface area contributed by atoms with E-state index in [4.69, 9.17) is 9.47 Å². The molecule has 1 saturated heterocycles. The van der Waals surface area contributed by atoms with E-state index in [1.807, 2.05) is 53.4 Å². The smallest absolute Gasteiger partial charge is 0.255 e. The van der Waals surface area contributed by atoms with Crippen LogP contribution < -0.4 is 14.4 Å². The van der Waals surface area contributed by atoms with Crippen LogP contribution in [0.3, 0.4) is 0 Å². The van der Waals surface area contributed by atoms with Crippen molar-refractivity contribution in [2.75, 3.05) is 45.3 Å². The number of methoxy groups -OCH3 is 2. The highest BCUT2D eigenvalue weighted by molar-refractivity contribution is 5.97. The zero-order valence-corrected chi connectivity index (χ0v) is 21.6. The number of anilines is 1. The van der Waals surface area contributed by atoms with Gasteiger partial charge in [0.1, 0.15) is 23.1 Å². The summed E-state index contributed by atoms with van der Waals surface area (Å²) < 4.78 is 40.9. The van der Waals surface area contributed by atoms with Gasteiger partial charge in [0.2, 0.25) is 0 Å². The van der Waals surface area contributed by atoms with Gasteiger partial charge in [0.15, 0.2) is 0 Å². The predicted molar refractivity (Wildman–Crippen MR) is 144 cm³/mol. The number of nitrogens with zero attached hydrogens (tertiary/aromatic N) is 3. The fourth-order valence-corrected chi connectivity index (χ4v) is 4.90. The number of aromatic nitrogens is 1. The summed E-state index contributed by atoms with van der Waals surface area (Å²) in [5, 5.41) is 0. The van der Waals surface area contributed by atoms with Crippen LogP contribution in [-0.4, -0.2) is 55.8 Å². The topological polar surface area (TPSA) is 46.9 Å². The molecule has 3 aromatic carbocycles. The van der Waals surface area contributed by atoms with Gasteiger partial charge in [-0.05, 0) is 79.2 Å². The molecule has 0 atom stereocenters. The molecule has 0 aliphatic carbocycles. The largest absolute Gasteiger partial charge is 0.497 e. The first-order chi connectivity index (χ1) is 18.4. The third kappa shape index (κ3) is 4.81. The molecule has 4 aromatic rings. The highest BCUT2D eigenvalue weighted by Gasteiger charge is 2.27. The van der Waals surface area contributed by atoms with E-state index >= 15 is 0 Å². The number of benzene rings is 3. The van der Waals surface area contributed by atoms with Crippen molar-refractivity contribution in [1.82, 2.24) is 9.47 Å². The number of hydrogen-bond donors (Lipinski definition) is 0. The minimum absolute atomic E-state index is 0.118. The average Bonchev–Trinajstić information content (AvgIpc) is 3.29. The lowest BCUT2D eigenvalue weighted by atomic mass is 10.1. The highest BCUT2D eigenvalue weighted by atomic mass is 19.1. The molecule has 1 fully saturated rings. The predicted octanol–water partition coefficient (Wildman–Crippen LogP) is 5.71. The van der Waals surface area contributed by atoms with E-state index in [0.717, 1.165) is 23.1 Å². The van der Waals surface area contributed by atoms with Crippen molar-refractivity contribution in [2.24, 2.45) is 0 Å². The first-order valence-electron chi connectivity index (χ1n) is 12.4. The van der Waals surface area contributed by atoms with Gasteiger partial charge in [-0.2, -0.15) is 0 Å². The molecule has 2 heterocycles. The fraction of sp³-hybridized carbons (Fsp3) is 0.233. The Morgan fingerprint density at radius 1 is 0.789 bits per heavy atom. The van der Waals surface area contributed by atoms with Crippen LogP contribution in [0.2, 0.25) is 0 Å². The highest BCUT2D eigenvalue weighted by Crippen LogP contribution is 2.33. The van der Waals surface area contributed by atoms with Gasteiger partial charge in [-0.3, -0.25) is 4.79 Å². The second-order valence-corrected chi connectivity index (χ2v) is 9.17. The number of carbonyl (C=O) groups excluding carboxylic acids is 1. The molecule has 1 amide bonds. The normalized spacial score (nSPS) is 13.5. The molecule has 6 nitrogen and oxygen atoms in total. The van der Waals surface area contributed by atoms with Crippen LogP contribution in [0.25, 0.3) is 16.9 Å². The van der Waals surface area contributed by atoms with Crippen molar-refractivity contribution in [3.05, 3.63) is 95.7 Å². The van der Waals surface area contributed by atoms with Gasteiger partial charge in [0.05, 0.1) is 31.2 Å². The van der Waals surface area contributed by atoms with Gasteiger partial charge in [-0.25, -0.2) is 8.78 Å². The van der Waals surface area contributed by atoms with E-state index in [2.05, 4.69) is 4.90 Å². The number of piperazine rings is 1. The zero-order chi connectivity index (χ0) is 26.8. The van der Waals surface area contributed by atoms with Gasteiger partial charge in [0, 0.05) is 43.6 Å². The lowest BCUT2D eigenvalue weighted by Crippen LogP contribution is -2.48. The van der Waals surface area contributed by atoms with Crippen molar-refractivity contribution in [1.29, 1.82) is 0 Å². The minimum Gasteiger partial charge on any atom is -0.497 e. The summed E-state index contributed by atoms with van der Waals surface area (Å²) in [6.07, 6.45) is 0. The number of rotatable bonds is 6. The first kappa shape index (κ1) is 25.3. The molecule has 0 N–H and O–H groups in total. The van der Waals surface area contributed by atoms with Gasteiger partial charge in [0.25, 0.3) is 5.91 Å². The molecule has 196 valence electrons. The number of hydrogen-bond acceptors (Lipinski definition) is 4. The van der Waals surface area contributed by atoms with E-state index in [1.165, 1.54) is 12.1 Å². The summed E-state index contributed by atoms with van der Waals surface area (Å²) in [6.45, 7) is 4.28. The lowest BCUT2D eigenvalue weighted by Gasteiger charge is -2.36. The van der Waals surface area contributed by atoms with Gasteiger partial charge in [-0.15, -0.1) is 0 Å². The lowest BCUT2D eigenvalue weighted by molar-refractivity contribution is 0.0746. The molecule has 0 radical (unpaired) electrons. The third-order valence-corrected chi connectivity index (χ3v) is 7.02. The van der Waals surface area contributed by atoms with Crippen LogP contribution in [0.5, 0.6) is 11.5 Å². The summed E-state index contributed by atoms with van der Waals surface area (Å²) in [5.74, 6) is 0.00180. The van der Waals surface area contributed by atoms with Crippen LogP contribution in [-0.2, 0) is 0 Å². The van der Waals surface area contributed by atoms with Gasteiger partial charge < -0.3 is 23.8 Å². The number of carbonyl (C=O) groups is 1. The zero-order valence-electron chi connectivity index (χ0n) is 21.6. The molecule has 0 bridgehead atoms. The molecular formula is C30H29F2N3O3. The molecule has 1 aliphatic heterocycles. The molecular weight excluding hydrogens is 488 g/mol. The quantitative estimate of drug-likeness (QED) is 0.329. The Balaban J connectivity index is 1.45. The van der Waals surface area contributed by atoms with Crippen molar-refractivity contribution >= 4 is 11.6 Å². The summed E-state index contributed by atoms with van der Waals surface area (Å²) in [4.78, 5) is 17.8. The Kier molecular flexibility index (Phi) is 7.05. The first-order valence-corrected chi connectivity index (χ1v) is 12.4. The van der Waals surface area contributed by atoms with Crippen molar-refractivity contribution in [2.45, 2.75) is 6.92 Å². The maximum Gasteiger partial charge on any atom is 0.255 e. The van der Waals surface area contributed by atoms with Crippen LogP contribution in [0, 0.1) is 18.6 Å². The number of halogens is 2. The summed E-state index contributed by atoms with van der Waals surface area (Å²) in [6, 6.07) is 20.5. The van der Waals surface area contributed by atoms with Crippen molar-refractivity contribution in [3.63, 3.8) is 0 Å². The number of amides is 1. The Labute approximate surface area is 220 Å². The second kappa shape index (κ2) is 10.6. The van der Waals surface area contributed by atoms with E-state index < -0.39 is 11.6 Å². The molecule has 8 heteroatoms. The Hall–Kier alpha value is -4.33. The monoisotopic (exact) mass is 517 g/mol. The van der Waals surface area contributed by atoms with E-state index in [-0.39, 0.29) is 11.6 Å². The standard InChI is InChI=1S/C30H29F2N3O3/c1-20-26(30(36)34-16-14-33(15-17-34)23-7-11-25(38-3)12-8-23)19-29(21-4-9-24(37-2)10-5-21)35(20)28-13-6-22(31)18-27(28)32/h4-13,18-19H,14-17H2,1-3H3. The Morgan fingerprint density at radius 2 is 1.39 bits per heavy atom. The van der Waals surface area contributed by atoms with Gasteiger partial charge in [-0.1, -0.05) is 0 Å². The molecule has 1 aromatic heterocycles.